The summed E-state index contributed by atoms with van der Waals surface area (Å²) >= 11 is 0. The fourth-order valence-corrected chi connectivity index (χ4v) is 6.61. The van der Waals surface area contributed by atoms with Crippen LogP contribution in [0.3, 0.4) is 0 Å². The lowest BCUT2D eigenvalue weighted by molar-refractivity contribution is -0.135. The summed E-state index contributed by atoms with van der Waals surface area (Å²) in [4.78, 5) is 17.0. The van der Waals surface area contributed by atoms with Crippen LogP contribution >= 0.6 is 0 Å². The zero-order valence-electron chi connectivity index (χ0n) is 16.8. The first kappa shape index (κ1) is 20.8. The zero-order chi connectivity index (χ0) is 20.4. The molecule has 0 spiro atoms. The predicted molar refractivity (Wildman–Crippen MR) is 108 cm³/mol. The van der Waals surface area contributed by atoms with Gasteiger partial charge in [0, 0.05) is 32.2 Å². The van der Waals surface area contributed by atoms with Crippen molar-refractivity contribution < 1.29 is 17.6 Å². The fourth-order valence-electron chi connectivity index (χ4n) is 5.15. The Kier molecular flexibility index (Phi) is 6.22. The van der Waals surface area contributed by atoms with Crippen molar-refractivity contribution in [2.75, 3.05) is 39.3 Å². The third-order valence-electron chi connectivity index (χ3n) is 6.72. The van der Waals surface area contributed by atoms with Crippen LogP contribution in [0.2, 0.25) is 0 Å². The van der Waals surface area contributed by atoms with E-state index in [-0.39, 0.29) is 23.9 Å². The number of hydrogen-bond donors (Lipinski definition) is 0. The highest BCUT2D eigenvalue weighted by Crippen LogP contribution is 2.35. The number of likely N-dealkylation sites (tertiary alicyclic amines) is 1. The minimum absolute atomic E-state index is 0.0334. The highest BCUT2D eigenvalue weighted by atomic mass is 32.2. The van der Waals surface area contributed by atoms with Crippen molar-refractivity contribution in [2.45, 2.75) is 49.5 Å². The van der Waals surface area contributed by atoms with Crippen LogP contribution in [0.15, 0.2) is 29.2 Å². The topological polar surface area (TPSA) is 60.9 Å². The van der Waals surface area contributed by atoms with Gasteiger partial charge in [0.2, 0.25) is 15.9 Å². The Morgan fingerprint density at radius 3 is 2.48 bits per heavy atom. The first-order valence-corrected chi connectivity index (χ1v) is 12.2. The number of piperidine rings is 1. The van der Waals surface area contributed by atoms with Crippen LogP contribution in [0.5, 0.6) is 0 Å². The van der Waals surface area contributed by atoms with Gasteiger partial charge in [-0.2, -0.15) is 4.31 Å². The van der Waals surface area contributed by atoms with Gasteiger partial charge in [-0.25, -0.2) is 12.8 Å². The van der Waals surface area contributed by atoms with E-state index in [0.29, 0.717) is 25.7 Å². The molecule has 1 aliphatic carbocycles. The van der Waals surface area contributed by atoms with Crippen LogP contribution in [-0.4, -0.2) is 73.7 Å². The molecule has 0 aromatic heterocycles. The van der Waals surface area contributed by atoms with Crippen molar-refractivity contribution in [1.82, 2.24) is 14.1 Å². The summed E-state index contributed by atoms with van der Waals surface area (Å²) in [5.41, 5.74) is 0. The zero-order valence-corrected chi connectivity index (χ0v) is 17.6. The Labute approximate surface area is 172 Å². The molecule has 29 heavy (non-hydrogen) atoms. The molecule has 1 saturated carbocycles. The number of piperazine rings is 1. The van der Waals surface area contributed by atoms with Gasteiger partial charge in [0.1, 0.15) is 5.82 Å². The van der Waals surface area contributed by atoms with E-state index in [9.17, 15) is 17.6 Å². The predicted octanol–water partition coefficient (Wildman–Crippen LogP) is 2.31. The minimum atomic E-state index is -3.73. The van der Waals surface area contributed by atoms with E-state index >= 15 is 0 Å². The summed E-state index contributed by atoms with van der Waals surface area (Å²) in [6.45, 7) is 2.69. The molecule has 4 rings (SSSR count). The maximum Gasteiger partial charge on any atom is 0.243 e. The molecule has 6 nitrogen and oxygen atoms in total. The molecule has 160 valence electrons. The van der Waals surface area contributed by atoms with Gasteiger partial charge >= 0.3 is 0 Å². The normalized spacial score (nSPS) is 26.9. The van der Waals surface area contributed by atoms with Gasteiger partial charge in [0.05, 0.1) is 11.4 Å². The Morgan fingerprint density at radius 2 is 1.72 bits per heavy atom. The van der Waals surface area contributed by atoms with Gasteiger partial charge in [-0.1, -0.05) is 18.9 Å². The molecule has 0 N–H and O–H groups in total. The van der Waals surface area contributed by atoms with Crippen molar-refractivity contribution in [3.63, 3.8) is 0 Å². The molecule has 3 fully saturated rings. The molecule has 0 unspecified atom stereocenters. The van der Waals surface area contributed by atoms with Crippen molar-refractivity contribution in [2.24, 2.45) is 5.92 Å². The summed E-state index contributed by atoms with van der Waals surface area (Å²) in [6, 6.07) is 5.62. The molecule has 8 heteroatoms. The number of fused-ring (bicyclic) bond motifs is 1. The third kappa shape index (κ3) is 4.49. The van der Waals surface area contributed by atoms with Gasteiger partial charge in [-0.05, 0) is 56.3 Å². The van der Waals surface area contributed by atoms with Crippen LogP contribution < -0.4 is 0 Å². The summed E-state index contributed by atoms with van der Waals surface area (Å²) < 4.78 is 40.3. The molecule has 2 aliphatic heterocycles. The number of benzene rings is 1. The van der Waals surface area contributed by atoms with Crippen molar-refractivity contribution >= 4 is 15.9 Å². The Bertz CT molecular complexity index is 837. The van der Waals surface area contributed by atoms with Gasteiger partial charge < -0.3 is 4.90 Å². The highest BCUT2D eigenvalue weighted by Gasteiger charge is 2.36. The van der Waals surface area contributed by atoms with E-state index < -0.39 is 15.8 Å². The Balaban J connectivity index is 1.34. The van der Waals surface area contributed by atoms with Gasteiger partial charge in [-0.15, -0.1) is 0 Å². The largest absolute Gasteiger partial charge is 0.339 e. The van der Waals surface area contributed by atoms with Crippen LogP contribution in [0.25, 0.3) is 0 Å². The summed E-state index contributed by atoms with van der Waals surface area (Å²) in [5.74, 6) is 0.264. The van der Waals surface area contributed by atoms with E-state index in [4.69, 9.17) is 0 Å². The molecule has 0 bridgehead atoms. The van der Waals surface area contributed by atoms with Crippen molar-refractivity contribution in [3.8, 4) is 0 Å². The molecule has 2 heterocycles. The SMILES string of the molecule is O=C(CN1CCC[C@@H]2CCCC[C@@H]21)N1CCN(S(=O)(=O)c2cccc(F)c2)CC1. The number of halogens is 1. The van der Waals surface area contributed by atoms with E-state index in [1.165, 1.54) is 54.6 Å². The van der Waals surface area contributed by atoms with E-state index in [2.05, 4.69) is 4.90 Å². The van der Waals surface area contributed by atoms with E-state index in [1.807, 2.05) is 0 Å². The average molecular weight is 424 g/mol. The van der Waals surface area contributed by atoms with Gasteiger partial charge in [0.15, 0.2) is 0 Å². The highest BCUT2D eigenvalue weighted by molar-refractivity contribution is 7.89. The second-order valence-corrected chi connectivity index (χ2v) is 10.4. The number of hydrogen-bond acceptors (Lipinski definition) is 4. The quantitative estimate of drug-likeness (QED) is 0.746. The maximum absolute atomic E-state index is 13.4. The van der Waals surface area contributed by atoms with Crippen molar-refractivity contribution in [3.05, 3.63) is 30.1 Å². The molecule has 2 atom stereocenters. The first-order chi connectivity index (χ1) is 13.9. The summed E-state index contributed by atoms with van der Waals surface area (Å²) in [5, 5.41) is 0. The third-order valence-corrected chi connectivity index (χ3v) is 8.62. The van der Waals surface area contributed by atoms with Crippen LogP contribution in [0.4, 0.5) is 4.39 Å². The van der Waals surface area contributed by atoms with Crippen LogP contribution in [0.1, 0.15) is 38.5 Å². The second-order valence-electron chi connectivity index (χ2n) is 8.47. The van der Waals surface area contributed by atoms with Crippen LogP contribution in [0, 0.1) is 11.7 Å². The Hall–Kier alpha value is -1.51. The molecular weight excluding hydrogens is 393 g/mol. The smallest absolute Gasteiger partial charge is 0.243 e. The summed E-state index contributed by atoms with van der Waals surface area (Å²) in [7, 11) is -3.73. The molecule has 3 aliphatic rings. The summed E-state index contributed by atoms with van der Waals surface area (Å²) in [6.07, 6.45) is 7.48. The number of rotatable bonds is 4. The molecule has 0 radical (unpaired) electrons. The number of nitrogens with zero attached hydrogens (tertiary/aromatic N) is 3. The molecule has 1 amide bonds. The number of amides is 1. The van der Waals surface area contributed by atoms with E-state index in [1.54, 1.807) is 4.90 Å². The lowest BCUT2D eigenvalue weighted by atomic mass is 9.78. The molecular formula is C21H30FN3O3S. The fraction of sp³-hybridized carbons (Fsp3) is 0.667. The maximum atomic E-state index is 13.4. The second kappa shape index (κ2) is 8.70. The van der Waals surface area contributed by atoms with Gasteiger partial charge in [0.25, 0.3) is 0 Å². The average Bonchev–Trinajstić information content (AvgIpc) is 2.74. The standard InChI is InChI=1S/C21H30FN3O3S/c22-18-7-3-8-19(15-18)29(27,28)25-13-11-23(12-14-25)21(26)16-24-10-4-6-17-5-1-2-9-20(17)24/h3,7-8,15,17,20H,1-2,4-6,9-14,16H2/t17-,20-/m0/s1. The monoisotopic (exact) mass is 423 g/mol. The van der Waals surface area contributed by atoms with Crippen molar-refractivity contribution in [1.29, 1.82) is 0 Å². The lowest BCUT2D eigenvalue weighted by Crippen LogP contribution is -2.55. The van der Waals surface area contributed by atoms with Gasteiger partial charge in [-0.3, -0.25) is 9.69 Å². The molecule has 1 aromatic carbocycles. The molecule has 1 aromatic rings. The minimum Gasteiger partial charge on any atom is -0.339 e. The number of carbonyl (C=O) groups is 1. The molecule has 2 saturated heterocycles. The lowest BCUT2D eigenvalue weighted by Gasteiger charge is -2.44. The number of sulfonamides is 1. The Morgan fingerprint density at radius 1 is 1.00 bits per heavy atom. The van der Waals surface area contributed by atoms with E-state index in [0.717, 1.165) is 24.9 Å². The number of carbonyl (C=O) groups excluding carboxylic acids is 1. The van der Waals surface area contributed by atoms with Crippen LogP contribution in [-0.2, 0) is 14.8 Å². The first-order valence-electron chi connectivity index (χ1n) is 10.7.